The molecule has 0 aromatic carbocycles. The Morgan fingerprint density at radius 2 is 2.45 bits per heavy atom. The van der Waals surface area contributed by atoms with Crippen LogP contribution >= 0.6 is 0 Å². The van der Waals surface area contributed by atoms with Crippen LogP contribution in [0.15, 0.2) is 4.52 Å². The highest BCUT2D eigenvalue weighted by Crippen LogP contribution is 2.43. The topological polar surface area (TPSA) is 106 Å². The number of hydrogen-bond donors (Lipinski definition) is 3. The lowest BCUT2D eigenvalue weighted by Gasteiger charge is -2.37. The van der Waals surface area contributed by atoms with Crippen LogP contribution in [0.3, 0.4) is 0 Å². The molecule has 2 fully saturated rings. The second-order valence-electron chi connectivity index (χ2n) is 5.78. The van der Waals surface area contributed by atoms with Gasteiger partial charge in [-0.15, -0.1) is 0 Å². The first-order valence-electron chi connectivity index (χ1n) is 7.28. The summed E-state index contributed by atoms with van der Waals surface area (Å²) in [6.45, 7) is 2.28. The molecule has 1 saturated carbocycles. The van der Waals surface area contributed by atoms with E-state index in [4.69, 9.17) is 10.3 Å². The number of nitrogen functional groups attached to an aromatic ring is 1. The van der Waals surface area contributed by atoms with Crippen molar-refractivity contribution >= 4 is 11.9 Å². The van der Waals surface area contributed by atoms with Gasteiger partial charge in [0.1, 0.15) is 0 Å². The largest absolute Gasteiger partial charge is 0.365 e. The molecule has 2 heterocycles. The fourth-order valence-corrected chi connectivity index (χ4v) is 3.52. The van der Waals surface area contributed by atoms with Gasteiger partial charge in [0.25, 0.3) is 5.95 Å². The normalized spacial score (nSPS) is 29.1. The van der Waals surface area contributed by atoms with Gasteiger partial charge in [0, 0.05) is 19.5 Å². The van der Waals surface area contributed by atoms with Crippen molar-refractivity contribution in [1.29, 1.82) is 0 Å². The van der Waals surface area contributed by atoms with E-state index in [2.05, 4.69) is 20.8 Å². The van der Waals surface area contributed by atoms with E-state index in [1.807, 2.05) is 0 Å². The fraction of sp³-hybridized carbons (Fsp3) is 0.769. The average molecular weight is 279 g/mol. The maximum Gasteiger partial charge on any atom is 0.260 e. The van der Waals surface area contributed by atoms with Crippen molar-refractivity contribution in [2.75, 3.05) is 25.4 Å². The molecule has 1 aromatic rings. The molecule has 1 amide bonds. The maximum absolute atomic E-state index is 12.6. The summed E-state index contributed by atoms with van der Waals surface area (Å²) in [6, 6.07) is 0. The van der Waals surface area contributed by atoms with Crippen LogP contribution in [0, 0.1) is 11.3 Å². The molecule has 2 aliphatic rings. The van der Waals surface area contributed by atoms with Crippen molar-refractivity contribution in [2.45, 2.75) is 32.1 Å². The minimum absolute atomic E-state index is 0.136. The molecule has 3 rings (SSSR count). The van der Waals surface area contributed by atoms with Gasteiger partial charge >= 0.3 is 0 Å². The van der Waals surface area contributed by atoms with E-state index in [0.29, 0.717) is 24.8 Å². The van der Waals surface area contributed by atoms with Crippen molar-refractivity contribution in [3.63, 3.8) is 0 Å². The fourth-order valence-electron chi connectivity index (χ4n) is 3.52. The molecule has 2 atom stereocenters. The number of amides is 1. The maximum atomic E-state index is 12.6. The van der Waals surface area contributed by atoms with Gasteiger partial charge in [-0.25, -0.2) is 0 Å². The second-order valence-corrected chi connectivity index (χ2v) is 5.78. The molecule has 0 bridgehead atoms. The van der Waals surface area contributed by atoms with Crippen LogP contribution < -0.4 is 16.4 Å². The van der Waals surface area contributed by atoms with Crippen molar-refractivity contribution in [3.05, 3.63) is 5.89 Å². The molecule has 110 valence electrons. The predicted octanol–water partition coefficient (Wildman–Crippen LogP) is 0.0903. The van der Waals surface area contributed by atoms with Gasteiger partial charge < -0.3 is 20.9 Å². The Hall–Kier alpha value is -1.63. The van der Waals surface area contributed by atoms with Gasteiger partial charge in [0.15, 0.2) is 0 Å². The zero-order chi connectivity index (χ0) is 14.0. The lowest BCUT2D eigenvalue weighted by Crippen LogP contribution is -2.48. The number of nitrogens with two attached hydrogens (primary N) is 1. The van der Waals surface area contributed by atoms with Crippen LogP contribution in [0.25, 0.3) is 0 Å². The summed E-state index contributed by atoms with van der Waals surface area (Å²) < 4.78 is 4.93. The molecule has 7 heteroatoms. The number of anilines is 1. The van der Waals surface area contributed by atoms with E-state index in [9.17, 15) is 4.79 Å². The molecule has 20 heavy (non-hydrogen) atoms. The monoisotopic (exact) mass is 279 g/mol. The summed E-state index contributed by atoms with van der Waals surface area (Å²) in [5.74, 6) is 1.25. The van der Waals surface area contributed by atoms with Crippen molar-refractivity contribution in [1.82, 2.24) is 20.8 Å². The zero-order valence-corrected chi connectivity index (χ0v) is 11.5. The molecule has 1 aromatic heterocycles. The Balaban J connectivity index is 1.55. The van der Waals surface area contributed by atoms with Crippen LogP contribution in [0.1, 0.15) is 31.6 Å². The molecule has 4 N–H and O–H groups in total. The number of fused-ring (bicyclic) bond motifs is 1. The highest BCUT2D eigenvalue weighted by Gasteiger charge is 2.49. The Bertz CT molecular complexity index is 489. The van der Waals surface area contributed by atoms with Crippen LogP contribution in [0.5, 0.6) is 0 Å². The van der Waals surface area contributed by atoms with Gasteiger partial charge in [-0.2, -0.15) is 4.98 Å². The summed E-state index contributed by atoms with van der Waals surface area (Å²) in [5, 5.41) is 9.93. The lowest BCUT2D eigenvalue weighted by molar-refractivity contribution is -0.133. The molecule has 1 aliphatic carbocycles. The first kappa shape index (κ1) is 13.4. The summed E-state index contributed by atoms with van der Waals surface area (Å²) in [6.07, 6.45) is 5.04. The second kappa shape index (κ2) is 5.40. The van der Waals surface area contributed by atoms with E-state index in [1.54, 1.807) is 0 Å². The molecule has 0 radical (unpaired) electrons. The van der Waals surface area contributed by atoms with Crippen molar-refractivity contribution < 1.29 is 9.32 Å². The highest BCUT2D eigenvalue weighted by atomic mass is 16.5. The third-order valence-electron chi connectivity index (χ3n) is 4.60. The van der Waals surface area contributed by atoms with Crippen molar-refractivity contribution in [3.8, 4) is 0 Å². The standard InChI is InChI=1S/C13H21N5O2/c14-12-17-10(20-18-12)4-6-16-11(19)13-5-2-1-3-9(13)7-15-8-13/h9,15H,1-8H2,(H2,14,18)(H,16,19)/t9-,13+/m0/s1. The molecule has 0 unspecified atom stereocenters. The first-order chi connectivity index (χ1) is 9.71. The van der Waals surface area contributed by atoms with Gasteiger partial charge in [0.05, 0.1) is 5.41 Å². The van der Waals surface area contributed by atoms with E-state index in [-0.39, 0.29) is 17.3 Å². The van der Waals surface area contributed by atoms with Crippen LogP contribution in [0.4, 0.5) is 5.95 Å². The van der Waals surface area contributed by atoms with Gasteiger partial charge in [-0.05, 0) is 30.5 Å². The summed E-state index contributed by atoms with van der Waals surface area (Å²) in [5.41, 5.74) is 5.18. The molecular weight excluding hydrogens is 258 g/mol. The third-order valence-corrected chi connectivity index (χ3v) is 4.60. The summed E-state index contributed by atoms with van der Waals surface area (Å²) >= 11 is 0. The van der Waals surface area contributed by atoms with Crippen LogP contribution in [-0.2, 0) is 11.2 Å². The van der Waals surface area contributed by atoms with Gasteiger partial charge in [-0.3, -0.25) is 4.79 Å². The number of nitrogens with zero attached hydrogens (tertiary/aromatic N) is 2. The van der Waals surface area contributed by atoms with Gasteiger partial charge in [0.2, 0.25) is 11.8 Å². The molecule has 1 saturated heterocycles. The Labute approximate surface area is 117 Å². The Morgan fingerprint density at radius 1 is 1.55 bits per heavy atom. The third kappa shape index (κ3) is 2.37. The van der Waals surface area contributed by atoms with Crippen molar-refractivity contribution in [2.24, 2.45) is 11.3 Å². The van der Waals surface area contributed by atoms with E-state index in [1.165, 1.54) is 6.42 Å². The zero-order valence-electron chi connectivity index (χ0n) is 11.5. The number of nitrogens with one attached hydrogen (secondary N) is 2. The number of aromatic nitrogens is 2. The minimum Gasteiger partial charge on any atom is -0.365 e. The van der Waals surface area contributed by atoms with E-state index in [0.717, 1.165) is 32.4 Å². The summed E-state index contributed by atoms with van der Waals surface area (Å²) in [7, 11) is 0. The van der Waals surface area contributed by atoms with Gasteiger partial charge in [-0.1, -0.05) is 12.8 Å². The quantitative estimate of drug-likeness (QED) is 0.721. The highest BCUT2D eigenvalue weighted by molar-refractivity contribution is 5.83. The lowest BCUT2D eigenvalue weighted by atomic mass is 9.67. The molecular formula is C13H21N5O2. The Morgan fingerprint density at radius 3 is 3.25 bits per heavy atom. The number of rotatable bonds is 4. The molecule has 0 spiro atoms. The molecule has 7 nitrogen and oxygen atoms in total. The first-order valence-corrected chi connectivity index (χ1v) is 7.28. The number of carbonyl (C=O) groups excluding carboxylic acids is 1. The SMILES string of the molecule is Nc1noc(CCNC(=O)[C@@]23CCCC[C@H]2CNC3)n1. The smallest absolute Gasteiger partial charge is 0.260 e. The number of carbonyl (C=O) groups is 1. The average Bonchev–Trinajstić information content (AvgIpc) is 3.05. The minimum atomic E-state index is -0.202. The van der Waals surface area contributed by atoms with Crippen LogP contribution in [0.2, 0.25) is 0 Å². The summed E-state index contributed by atoms with van der Waals surface area (Å²) in [4.78, 5) is 16.5. The van der Waals surface area contributed by atoms with E-state index >= 15 is 0 Å². The van der Waals surface area contributed by atoms with Crippen LogP contribution in [-0.4, -0.2) is 35.7 Å². The number of hydrogen-bond acceptors (Lipinski definition) is 6. The Kier molecular flexibility index (Phi) is 3.60. The predicted molar refractivity (Wildman–Crippen MR) is 72.7 cm³/mol. The molecule has 1 aliphatic heterocycles. The van der Waals surface area contributed by atoms with E-state index < -0.39 is 0 Å².